The van der Waals surface area contributed by atoms with Crippen LogP contribution in [0.5, 0.6) is 5.75 Å². The first kappa shape index (κ1) is 25.0. The van der Waals surface area contributed by atoms with E-state index < -0.39 is 5.25 Å². The van der Waals surface area contributed by atoms with E-state index in [0.29, 0.717) is 22.1 Å². The number of rotatable bonds is 7. The Balaban J connectivity index is 1.75. The zero-order chi connectivity index (χ0) is 25.7. The van der Waals surface area contributed by atoms with Gasteiger partial charge in [-0.1, -0.05) is 47.7 Å². The van der Waals surface area contributed by atoms with E-state index in [2.05, 4.69) is 16.4 Å². The first-order chi connectivity index (χ1) is 17.4. The first-order valence-corrected chi connectivity index (χ1v) is 12.3. The molecular weight excluding hydrogens is 468 g/mol. The average Bonchev–Trinajstić information content (AvgIpc) is 2.90. The summed E-state index contributed by atoms with van der Waals surface area (Å²) in [5, 5.41) is 13.0. The molecule has 0 bridgehead atoms. The Labute approximate surface area is 215 Å². The van der Waals surface area contributed by atoms with E-state index in [1.807, 2.05) is 80.6 Å². The summed E-state index contributed by atoms with van der Waals surface area (Å²) in [6, 6.07) is 23.6. The fourth-order valence-electron chi connectivity index (χ4n) is 3.64. The number of nitrogens with zero attached hydrogens (tertiary/aromatic N) is 3. The minimum Gasteiger partial charge on any atom is -0.497 e. The highest BCUT2D eigenvalue weighted by Gasteiger charge is 2.22. The second kappa shape index (κ2) is 11.1. The molecule has 0 saturated carbocycles. The van der Waals surface area contributed by atoms with Crippen molar-refractivity contribution in [1.29, 1.82) is 5.26 Å². The molecule has 2 aromatic heterocycles. The third-order valence-electron chi connectivity index (χ3n) is 5.76. The van der Waals surface area contributed by atoms with E-state index in [1.165, 1.54) is 11.8 Å². The van der Waals surface area contributed by atoms with E-state index in [-0.39, 0.29) is 5.91 Å². The maximum absolute atomic E-state index is 13.0. The van der Waals surface area contributed by atoms with Crippen LogP contribution in [0.15, 0.2) is 78.0 Å². The number of thioether (sulfide) groups is 1. The average molecular weight is 495 g/mol. The largest absolute Gasteiger partial charge is 0.497 e. The van der Waals surface area contributed by atoms with Crippen molar-refractivity contribution in [2.45, 2.75) is 31.0 Å². The lowest BCUT2D eigenvalue weighted by Gasteiger charge is -2.16. The van der Waals surface area contributed by atoms with Crippen molar-refractivity contribution in [2.24, 2.45) is 0 Å². The molecule has 4 aromatic rings. The number of ether oxygens (including phenoxy) is 1. The second-order valence-electron chi connectivity index (χ2n) is 8.36. The molecule has 1 atom stereocenters. The molecule has 2 heterocycles. The summed E-state index contributed by atoms with van der Waals surface area (Å²) in [5.41, 5.74) is 5.73. The van der Waals surface area contributed by atoms with Gasteiger partial charge < -0.3 is 10.1 Å². The van der Waals surface area contributed by atoms with Crippen LogP contribution < -0.4 is 10.1 Å². The number of amides is 1. The highest BCUT2D eigenvalue weighted by Crippen LogP contribution is 2.36. The van der Waals surface area contributed by atoms with E-state index in [9.17, 15) is 10.1 Å². The van der Waals surface area contributed by atoms with Crippen LogP contribution in [0.4, 0.5) is 5.82 Å². The topological polar surface area (TPSA) is 87.9 Å². The van der Waals surface area contributed by atoms with Crippen LogP contribution in [0.25, 0.3) is 22.4 Å². The van der Waals surface area contributed by atoms with Gasteiger partial charge in [0.1, 0.15) is 22.7 Å². The summed E-state index contributed by atoms with van der Waals surface area (Å²) in [6.45, 7) is 5.71. The Hall–Kier alpha value is -4.15. The molecule has 0 fully saturated rings. The van der Waals surface area contributed by atoms with Gasteiger partial charge in [0.2, 0.25) is 5.91 Å². The monoisotopic (exact) mass is 494 g/mol. The van der Waals surface area contributed by atoms with Crippen molar-refractivity contribution in [1.82, 2.24) is 9.97 Å². The SMILES string of the molecule is COc1ccc(-c2cc(-c3ccc(C)cc3)c(C#N)c(SC(C)C(=O)Nc3ncccc3C)n2)cc1. The van der Waals surface area contributed by atoms with Gasteiger partial charge in [0.15, 0.2) is 0 Å². The summed E-state index contributed by atoms with van der Waals surface area (Å²) < 4.78 is 5.29. The number of nitrogens with one attached hydrogen (secondary N) is 1. The molecule has 0 aliphatic carbocycles. The summed E-state index contributed by atoms with van der Waals surface area (Å²) in [6.07, 6.45) is 1.64. The smallest absolute Gasteiger partial charge is 0.238 e. The molecule has 0 spiro atoms. The van der Waals surface area contributed by atoms with Crippen LogP contribution in [-0.4, -0.2) is 28.2 Å². The van der Waals surface area contributed by atoms with E-state index in [0.717, 1.165) is 33.6 Å². The third-order valence-corrected chi connectivity index (χ3v) is 6.84. The third kappa shape index (κ3) is 5.56. The molecule has 0 saturated heterocycles. The molecule has 7 heteroatoms. The number of nitriles is 1. The van der Waals surface area contributed by atoms with Gasteiger partial charge in [0.05, 0.1) is 23.6 Å². The molecule has 0 aliphatic rings. The number of carbonyl (C=O) groups is 1. The van der Waals surface area contributed by atoms with E-state index in [1.54, 1.807) is 20.2 Å². The molecule has 36 heavy (non-hydrogen) atoms. The standard InChI is InChI=1S/C29H26N4O2S/c1-18-7-9-21(10-8-18)24-16-26(22-11-13-23(35-4)14-12-22)32-29(25(24)17-30)36-20(3)28(34)33-27-19(2)6-5-15-31-27/h5-16,20H,1-4H3,(H,31,33,34). The quantitative estimate of drug-likeness (QED) is 0.298. The van der Waals surface area contributed by atoms with Crippen LogP contribution in [0.3, 0.4) is 0 Å². The summed E-state index contributed by atoms with van der Waals surface area (Å²) in [5.74, 6) is 1.06. The fraction of sp³-hybridized carbons (Fsp3) is 0.172. The van der Waals surface area contributed by atoms with Crippen LogP contribution in [0, 0.1) is 25.2 Å². The number of carbonyl (C=O) groups excluding carboxylic acids is 1. The van der Waals surface area contributed by atoms with Crippen LogP contribution in [0.2, 0.25) is 0 Å². The molecular formula is C29H26N4O2S. The van der Waals surface area contributed by atoms with Crippen molar-refractivity contribution in [3.05, 3.63) is 89.6 Å². The van der Waals surface area contributed by atoms with Crippen LogP contribution >= 0.6 is 11.8 Å². The fourth-order valence-corrected chi connectivity index (χ4v) is 4.57. The summed E-state index contributed by atoms with van der Waals surface area (Å²) in [7, 11) is 1.62. The Morgan fingerprint density at radius 1 is 1.06 bits per heavy atom. The molecule has 180 valence electrons. The second-order valence-corrected chi connectivity index (χ2v) is 9.69. The van der Waals surface area contributed by atoms with Crippen molar-refractivity contribution in [3.8, 4) is 34.2 Å². The number of aryl methyl sites for hydroxylation is 2. The zero-order valence-corrected chi connectivity index (χ0v) is 21.4. The summed E-state index contributed by atoms with van der Waals surface area (Å²) >= 11 is 1.26. The van der Waals surface area contributed by atoms with Gasteiger partial charge in [0, 0.05) is 17.3 Å². The van der Waals surface area contributed by atoms with Crippen molar-refractivity contribution in [2.75, 3.05) is 12.4 Å². The Kier molecular flexibility index (Phi) is 7.67. The number of anilines is 1. The molecule has 4 rings (SSSR count). The molecule has 6 nitrogen and oxygen atoms in total. The van der Waals surface area contributed by atoms with Gasteiger partial charge in [-0.25, -0.2) is 9.97 Å². The van der Waals surface area contributed by atoms with Crippen molar-refractivity contribution in [3.63, 3.8) is 0 Å². The number of hydrogen-bond acceptors (Lipinski definition) is 6. The van der Waals surface area contributed by atoms with Gasteiger partial charge >= 0.3 is 0 Å². The van der Waals surface area contributed by atoms with Gasteiger partial charge in [-0.2, -0.15) is 5.26 Å². The maximum Gasteiger partial charge on any atom is 0.238 e. The number of benzene rings is 2. The molecule has 2 aromatic carbocycles. The predicted molar refractivity (Wildman–Crippen MR) is 144 cm³/mol. The van der Waals surface area contributed by atoms with E-state index >= 15 is 0 Å². The van der Waals surface area contributed by atoms with Gasteiger partial charge in [-0.05, 0) is 68.3 Å². The van der Waals surface area contributed by atoms with Crippen molar-refractivity contribution < 1.29 is 9.53 Å². The first-order valence-electron chi connectivity index (χ1n) is 11.5. The minimum atomic E-state index is -0.511. The number of aromatic nitrogens is 2. The summed E-state index contributed by atoms with van der Waals surface area (Å²) in [4.78, 5) is 22.1. The molecule has 1 N–H and O–H groups in total. The van der Waals surface area contributed by atoms with Crippen LogP contribution in [-0.2, 0) is 4.79 Å². The van der Waals surface area contributed by atoms with Crippen LogP contribution in [0.1, 0.15) is 23.6 Å². The van der Waals surface area contributed by atoms with Crippen molar-refractivity contribution >= 4 is 23.5 Å². The molecule has 0 aliphatic heterocycles. The molecule has 0 radical (unpaired) electrons. The Morgan fingerprint density at radius 3 is 2.39 bits per heavy atom. The van der Waals surface area contributed by atoms with E-state index in [4.69, 9.17) is 9.72 Å². The van der Waals surface area contributed by atoms with Gasteiger partial charge in [0.25, 0.3) is 0 Å². The number of pyridine rings is 2. The Bertz CT molecular complexity index is 1430. The molecule has 1 amide bonds. The highest BCUT2D eigenvalue weighted by atomic mass is 32.2. The lowest BCUT2D eigenvalue weighted by Crippen LogP contribution is -2.23. The van der Waals surface area contributed by atoms with Gasteiger partial charge in [-0.15, -0.1) is 0 Å². The Morgan fingerprint density at radius 2 is 1.75 bits per heavy atom. The zero-order valence-electron chi connectivity index (χ0n) is 20.6. The minimum absolute atomic E-state index is 0.209. The normalized spacial score (nSPS) is 11.4. The lowest BCUT2D eigenvalue weighted by molar-refractivity contribution is -0.115. The predicted octanol–water partition coefficient (Wildman–Crippen LogP) is 6.43. The lowest BCUT2D eigenvalue weighted by atomic mass is 9.98. The molecule has 1 unspecified atom stereocenters. The number of hydrogen-bond donors (Lipinski definition) is 1. The maximum atomic E-state index is 13.0. The van der Waals surface area contributed by atoms with Gasteiger partial charge in [-0.3, -0.25) is 4.79 Å². The highest BCUT2D eigenvalue weighted by molar-refractivity contribution is 8.00. The number of methoxy groups -OCH3 is 1.